The Morgan fingerprint density at radius 1 is 1.00 bits per heavy atom. The first-order chi connectivity index (χ1) is 14.4. The molecule has 1 aromatic heterocycles. The third kappa shape index (κ3) is 4.36. The van der Waals surface area contributed by atoms with Crippen LogP contribution >= 0.6 is 11.6 Å². The van der Waals surface area contributed by atoms with Crippen LogP contribution < -0.4 is 19.5 Å². The summed E-state index contributed by atoms with van der Waals surface area (Å²) in [6.07, 6.45) is 0. The Hall–Kier alpha value is -3.19. The fraction of sp³-hybridized carbons (Fsp3) is 0.273. The molecule has 0 aliphatic rings. The highest BCUT2D eigenvalue weighted by molar-refractivity contribution is 6.31. The number of amides is 1. The fourth-order valence-electron chi connectivity index (χ4n) is 3.22. The van der Waals surface area contributed by atoms with Crippen molar-refractivity contribution >= 4 is 23.2 Å². The number of aryl methyl sites for hydroxylation is 1. The quantitative estimate of drug-likeness (QED) is 0.599. The monoisotopic (exact) mass is 429 g/mol. The molecule has 30 heavy (non-hydrogen) atoms. The summed E-state index contributed by atoms with van der Waals surface area (Å²) in [5.41, 5.74) is 3.55. The van der Waals surface area contributed by atoms with Crippen molar-refractivity contribution in [1.29, 1.82) is 0 Å². The summed E-state index contributed by atoms with van der Waals surface area (Å²) >= 11 is 6.05. The van der Waals surface area contributed by atoms with Gasteiger partial charge in [0.15, 0.2) is 11.5 Å². The lowest BCUT2D eigenvalue weighted by Gasteiger charge is -2.11. The molecule has 8 heteroatoms. The van der Waals surface area contributed by atoms with Crippen LogP contribution in [0.5, 0.6) is 17.2 Å². The molecule has 1 heterocycles. The Labute approximate surface area is 180 Å². The molecule has 7 nitrogen and oxygen atoms in total. The molecule has 0 spiro atoms. The summed E-state index contributed by atoms with van der Waals surface area (Å²) < 4.78 is 17.8. The zero-order valence-electron chi connectivity index (χ0n) is 17.6. The molecule has 3 rings (SSSR count). The van der Waals surface area contributed by atoms with Crippen LogP contribution in [-0.4, -0.2) is 37.0 Å². The summed E-state index contributed by atoms with van der Waals surface area (Å²) in [5.74, 6) is 1.45. The van der Waals surface area contributed by atoms with Crippen LogP contribution in [0.3, 0.4) is 0 Å². The van der Waals surface area contributed by atoms with E-state index in [0.717, 1.165) is 11.3 Å². The van der Waals surface area contributed by atoms with Crippen molar-refractivity contribution in [2.45, 2.75) is 20.4 Å². The number of aromatic nitrogens is 2. The number of ether oxygens (including phenoxy) is 3. The summed E-state index contributed by atoms with van der Waals surface area (Å²) in [7, 11) is 4.71. The first-order valence-electron chi connectivity index (χ1n) is 9.27. The molecule has 0 saturated carbocycles. The van der Waals surface area contributed by atoms with Crippen molar-refractivity contribution in [3.8, 4) is 17.2 Å². The van der Waals surface area contributed by atoms with Gasteiger partial charge in [-0.2, -0.15) is 5.10 Å². The minimum absolute atomic E-state index is 0.314. The molecule has 3 aromatic rings. The first-order valence-corrected chi connectivity index (χ1v) is 9.65. The van der Waals surface area contributed by atoms with Gasteiger partial charge in [0.25, 0.3) is 5.91 Å². The number of methoxy groups -OCH3 is 3. The standard InChI is InChI=1S/C22H24ClN3O4/c1-13-21(24-22(27)17-11-16(23)7-9-18(17)28-3)14(2)26(25-13)12-15-6-8-19(29-4)20(10-15)30-5/h6-11H,12H2,1-5H3,(H,24,27). The van der Waals surface area contributed by atoms with Crippen molar-refractivity contribution in [1.82, 2.24) is 9.78 Å². The van der Waals surface area contributed by atoms with Crippen molar-refractivity contribution in [2.24, 2.45) is 0 Å². The molecule has 0 aliphatic heterocycles. The third-order valence-corrected chi connectivity index (χ3v) is 5.04. The number of hydrogen-bond acceptors (Lipinski definition) is 5. The average molecular weight is 430 g/mol. The Morgan fingerprint density at radius 2 is 1.67 bits per heavy atom. The normalized spacial score (nSPS) is 10.6. The zero-order chi connectivity index (χ0) is 21.8. The Kier molecular flexibility index (Phi) is 6.52. The van der Waals surface area contributed by atoms with E-state index in [0.29, 0.717) is 45.8 Å². The van der Waals surface area contributed by atoms with Gasteiger partial charge in [-0.15, -0.1) is 0 Å². The first kappa shape index (κ1) is 21.5. The van der Waals surface area contributed by atoms with Gasteiger partial charge in [0.1, 0.15) is 5.75 Å². The van der Waals surface area contributed by atoms with Gasteiger partial charge in [-0.05, 0) is 49.7 Å². The number of halogens is 1. The molecule has 0 fully saturated rings. The predicted molar refractivity (Wildman–Crippen MR) is 116 cm³/mol. The van der Waals surface area contributed by atoms with Gasteiger partial charge in [0.05, 0.1) is 50.5 Å². The van der Waals surface area contributed by atoms with E-state index in [1.54, 1.807) is 32.4 Å². The lowest BCUT2D eigenvalue weighted by molar-refractivity contribution is 0.102. The number of anilines is 1. The highest BCUT2D eigenvalue weighted by Gasteiger charge is 2.19. The van der Waals surface area contributed by atoms with E-state index < -0.39 is 0 Å². The van der Waals surface area contributed by atoms with Crippen LogP contribution in [-0.2, 0) is 6.54 Å². The number of carbonyl (C=O) groups excluding carboxylic acids is 1. The topological polar surface area (TPSA) is 74.6 Å². The van der Waals surface area contributed by atoms with Crippen LogP contribution in [0.4, 0.5) is 5.69 Å². The number of hydrogen-bond donors (Lipinski definition) is 1. The van der Waals surface area contributed by atoms with E-state index in [1.165, 1.54) is 7.11 Å². The second-order valence-corrected chi connectivity index (χ2v) is 7.13. The van der Waals surface area contributed by atoms with E-state index in [1.807, 2.05) is 36.7 Å². The smallest absolute Gasteiger partial charge is 0.259 e. The molecule has 1 N–H and O–H groups in total. The van der Waals surface area contributed by atoms with E-state index >= 15 is 0 Å². The third-order valence-electron chi connectivity index (χ3n) is 4.81. The van der Waals surface area contributed by atoms with Crippen LogP contribution in [0.2, 0.25) is 5.02 Å². The van der Waals surface area contributed by atoms with Gasteiger partial charge < -0.3 is 19.5 Å². The maximum Gasteiger partial charge on any atom is 0.259 e. The molecule has 2 aromatic carbocycles. The van der Waals surface area contributed by atoms with E-state index in [9.17, 15) is 4.79 Å². The summed E-state index contributed by atoms with van der Waals surface area (Å²) in [5, 5.41) is 7.98. The van der Waals surface area contributed by atoms with Gasteiger partial charge in [-0.25, -0.2) is 0 Å². The fourth-order valence-corrected chi connectivity index (χ4v) is 3.39. The zero-order valence-corrected chi connectivity index (χ0v) is 18.3. The second kappa shape index (κ2) is 9.09. The number of nitrogens with one attached hydrogen (secondary N) is 1. The van der Waals surface area contributed by atoms with E-state index in [2.05, 4.69) is 10.4 Å². The van der Waals surface area contributed by atoms with Crippen LogP contribution in [0.25, 0.3) is 0 Å². The highest BCUT2D eigenvalue weighted by Crippen LogP contribution is 2.29. The largest absolute Gasteiger partial charge is 0.496 e. The van der Waals surface area contributed by atoms with E-state index in [-0.39, 0.29) is 5.91 Å². The highest BCUT2D eigenvalue weighted by atomic mass is 35.5. The lowest BCUT2D eigenvalue weighted by Crippen LogP contribution is -2.14. The maximum atomic E-state index is 12.9. The predicted octanol–water partition coefficient (Wildman–Crippen LogP) is 4.48. The molecular weight excluding hydrogens is 406 g/mol. The van der Waals surface area contributed by atoms with Gasteiger partial charge >= 0.3 is 0 Å². The molecule has 0 unspecified atom stereocenters. The number of rotatable bonds is 7. The van der Waals surface area contributed by atoms with Crippen LogP contribution in [0.1, 0.15) is 27.3 Å². The van der Waals surface area contributed by atoms with Crippen LogP contribution in [0, 0.1) is 13.8 Å². The summed E-state index contributed by atoms with van der Waals surface area (Å²) in [6.45, 7) is 4.28. The maximum absolute atomic E-state index is 12.9. The Balaban J connectivity index is 1.86. The second-order valence-electron chi connectivity index (χ2n) is 6.69. The van der Waals surface area contributed by atoms with Crippen molar-refractivity contribution < 1.29 is 19.0 Å². The van der Waals surface area contributed by atoms with Crippen molar-refractivity contribution in [3.63, 3.8) is 0 Å². The van der Waals surface area contributed by atoms with Gasteiger partial charge in [0.2, 0.25) is 0 Å². The molecule has 158 valence electrons. The molecule has 0 bridgehead atoms. The number of carbonyl (C=O) groups is 1. The van der Waals surface area contributed by atoms with Crippen LogP contribution in [0.15, 0.2) is 36.4 Å². The molecule has 0 radical (unpaired) electrons. The molecule has 0 aliphatic carbocycles. The number of benzene rings is 2. The van der Waals surface area contributed by atoms with Crippen molar-refractivity contribution in [3.05, 3.63) is 63.9 Å². The SMILES string of the molecule is COc1ccc(Cn2nc(C)c(NC(=O)c3cc(Cl)ccc3OC)c2C)cc1OC. The Bertz CT molecular complexity index is 1080. The van der Waals surface area contributed by atoms with Crippen molar-refractivity contribution in [2.75, 3.05) is 26.6 Å². The molecular formula is C22H24ClN3O4. The minimum Gasteiger partial charge on any atom is -0.496 e. The average Bonchev–Trinajstić information content (AvgIpc) is 3.00. The summed E-state index contributed by atoms with van der Waals surface area (Å²) in [6, 6.07) is 10.6. The minimum atomic E-state index is -0.314. The van der Waals surface area contributed by atoms with E-state index in [4.69, 9.17) is 25.8 Å². The molecule has 1 amide bonds. The number of nitrogens with zero attached hydrogens (tertiary/aromatic N) is 2. The van der Waals surface area contributed by atoms with Gasteiger partial charge in [-0.1, -0.05) is 17.7 Å². The summed E-state index contributed by atoms with van der Waals surface area (Å²) in [4.78, 5) is 12.9. The van der Waals surface area contributed by atoms with Gasteiger partial charge in [0, 0.05) is 5.02 Å². The van der Waals surface area contributed by atoms with Gasteiger partial charge in [-0.3, -0.25) is 9.48 Å². The molecule has 0 saturated heterocycles. The lowest BCUT2D eigenvalue weighted by atomic mass is 10.1. The Morgan fingerprint density at radius 3 is 2.33 bits per heavy atom. The molecule has 0 atom stereocenters.